The second-order valence-corrected chi connectivity index (χ2v) is 7.53. The van der Waals surface area contributed by atoms with Crippen LogP contribution >= 0.6 is 23.2 Å². The second-order valence-electron chi connectivity index (χ2n) is 4.85. The summed E-state index contributed by atoms with van der Waals surface area (Å²) in [6.45, 7) is 0.0793. The van der Waals surface area contributed by atoms with Crippen LogP contribution in [0.15, 0.2) is 35.4 Å². The standard InChI is InChI=1S/C14H10Cl2N2O5S/c15-9-1-2-12(10(16)6-9)24(21,22)18-3-4-23-13-11(18)5-8(7-17-13)14(19)20/h1-2,5-7H,3-4H2,(H,19,20). The number of nitrogens with zero attached hydrogens (tertiary/aromatic N) is 2. The van der Waals surface area contributed by atoms with Crippen LogP contribution < -0.4 is 9.04 Å². The molecule has 0 atom stereocenters. The van der Waals surface area contributed by atoms with Crippen LogP contribution in [0.1, 0.15) is 10.4 Å². The van der Waals surface area contributed by atoms with Gasteiger partial charge in [-0.1, -0.05) is 23.2 Å². The molecule has 126 valence electrons. The fraction of sp³-hybridized carbons (Fsp3) is 0.143. The van der Waals surface area contributed by atoms with E-state index in [-0.39, 0.29) is 40.2 Å². The molecule has 0 spiro atoms. The van der Waals surface area contributed by atoms with E-state index in [1.807, 2.05) is 0 Å². The molecule has 0 saturated carbocycles. The lowest BCUT2D eigenvalue weighted by Gasteiger charge is -2.30. The maximum absolute atomic E-state index is 12.9. The number of hydrogen-bond donors (Lipinski definition) is 1. The molecule has 3 rings (SSSR count). The Kier molecular flexibility index (Phi) is 4.29. The second kappa shape index (κ2) is 6.12. The van der Waals surface area contributed by atoms with Gasteiger partial charge in [0.15, 0.2) is 0 Å². The van der Waals surface area contributed by atoms with Crippen molar-refractivity contribution in [1.82, 2.24) is 4.98 Å². The Bertz CT molecular complexity index is 933. The highest BCUT2D eigenvalue weighted by Gasteiger charge is 2.33. The minimum absolute atomic E-state index is 0.000951. The Morgan fingerprint density at radius 3 is 2.71 bits per heavy atom. The summed E-state index contributed by atoms with van der Waals surface area (Å²) >= 11 is 11.8. The number of aromatic nitrogens is 1. The zero-order valence-corrected chi connectivity index (χ0v) is 14.3. The van der Waals surface area contributed by atoms with Crippen LogP contribution in [0.25, 0.3) is 0 Å². The highest BCUT2D eigenvalue weighted by molar-refractivity contribution is 7.93. The first-order valence-corrected chi connectivity index (χ1v) is 8.84. The molecule has 2 heterocycles. The predicted molar refractivity (Wildman–Crippen MR) is 87.7 cm³/mol. The first-order valence-electron chi connectivity index (χ1n) is 6.64. The Balaban J connectivity index is 2.14. The number of ether oxygens (including phenoxy) is 1. The lowest BCUT2D eigenvalue weighted by atomic mass is 10.2. The monoisotopic (exact) mass is 388 g/mol. The van der Waals surface area contributed by atoms with Gasteiger partial charge in [0.2, 0.25) is 5.88 Å². The van der Waals surface area contributed by atoms with Gasteiger partial charge in [-0.25, -0.2) is 18.2 Å². The van der Waals surface area contributed by atoms with E-state index in [2.05, 4.69) is 4.98 Å². The third kappa shape index (κ3) is 2.88. The molecule has 2 aromatic rings. The fourth-order valence-corrected chi connectivity index (χ4v) is 4.43. The van der Waals surface area contributed by atoms with Crippen LogP contribution in [0.2, 0.25) is 10.0 Å². The SMILES string of the molecule is O=C(O)c1cnc2c(c1)N(S(=O)(=O)c1ccc(Cl)cc1Cl)CCO2. The van der Waals surface area contributed by atoms with Gasteiger partial charge in [0.1, 0.15) is 17.2 Å². The number of sulfonamides is 1. The lowest BCUT2D eigenvalue weighted by Crippen LogP contribution is -2.38. The van der Waals surface area contributed by atoms with Gasteiger partial charge in [-0.15, -0.1) is 0 Å². The summed E-state index contributed by atoms with van der Waals surface area (Å²) in [6.07, 6.45) is 1.10. The minimum Gasteiger partial charge on any atom is -0.478 e. The molecule has 24 heavy (non-hydrogen) atoms. The van der Waals surface area contributed by atoms with Crippen LogP contribution in [0, 0.1) is 0 Å². The van der Waals surface area contributed by atoms with Crippen LogP contribution in [0.3, 0.4) is 0 Å². The molecule has 7 nitrogen and oxygen atoms in total. The summed E-state index contributed by atoms with van der Waals surface area (Å²) in [5, 5.41) is 9.35. The molecule has 0 bridgehead atoms. The summed E-state index contributed by atoms with van der Waals surface area (Å²) in [4.78, 5) is 14.9. The normalized spacial score (nSPS) is 14.0. The first kappa shape index (κ1) is 16.8. The largest absolute Gasteiger partial charge is 0.478 e. The maximum Gasteiger partial charge on any atom is 0.337 e. The van der Waals surface area contributed by atoms with Gasteiger partial charge in [-0.2, -0.15) is 0 Å². The number of carbonyl (C=O) groups is 1. The number of benzene rings is 1. The van der Waals surface area contributed by atoms with E-state index >= 15 is 0 Å². The van der Waals surface area contributed by atoms with Gasteiger partial charge in [-0.05, 0) is 24.3 Å². The van der Waals surface area contributed by atoms with Crippen LogP contribution in [0.4, 0.5) is 5.69 Å². The lowest BCUT2D eigenvalue weighted by molar-refractivity contribution is 0.0696. The van der Waals surface area contributed by atoms with Crippen molar-refractivity contribution in [2.45, 2.75) is 4.90 Å². The molecule has 10 heteroatoms. The summed E-state index contributed by atoms with van der Waals surface area (Å²) < 4.78 is 32.2. The van der Waals surface area contributed by atoms with Crippen molar-refractivity contribution in [3.63, 3.8) is 0 Å². The molecule has 0 fully saturated rings. The van der Waals surface area contributed by atoms with Crippen molar-refractivity contribution < 1.29 is 23.1 Å². The van der Waals surface area contributed by atoms with Crippen LogP contribution in [-0.2, 0) is 10.0 Å². The molecule has 0 saturated heterocycles. The molecular formula is C14H10Cl2N2O5S. The van der Waals surface area contributed by atoms with Crippen molar-refractivity contribution in [2.75, 3.05) is 17.5 Å². The number of halogens is 2. The van der Waals surface area contributed by atoms with E-state index in [0.717, 1.165) is 10.5 Å². The van der Waals surface area contributed by atoms with Crippen molar-refractivity contribution >= 4 is 44.9 Å². The molecule has 1 aliphatic heterocycles. The van der Waals surface area contributed by atoms with Crippen molar-refractivity contribution in [2.24, 2.45) is 0 Å². The van der Waals surface area contributed by atoms with Crippen LogP contribution in [-0.4, -0.2) is 37.6 Å². The summed E-state index contributed by atoms with van der Waals surface area (Å²) in [5.41, 5.74) is -0.103. The van der Waals surface area contributed by atoms with Crippen molar-refractivity contribution in [3.05, 3.63) is 46.1 Å². The zero-order valence-electron chi connectivity index (χ0n) is 11.9. The topological polar surface area (TPSA) is 96.8 Å². The molecule has 1 aromatic carbocycles. The number of anilines is 1. The maximum atomic E-state index is 12.9. The first-order chi connectivity index (χ1) is 11.3. The highest BCUT2D eigenvalue weighted by Crippen LogP contribution is 2.36. The van der Waals surface area contributed by atoms with Gasteiger partial charge in [-0.3, -0.25) is 4.31 Å². The van der Waals surface area contributed by atoms with E-state index in [0.29, 0.717) is 5.02 Å². The number of fused-ring (bicyclic) bond motifs is 1. The number of aromatic carboxylic acids is 1. The molecule has 0 radical (unpaired) electrons. The Morgan fingerprint density at radius 1 is 1.29 bits per heavy atom. The van der Waals surface area contributed by atoms with Crippen molar-refractivity contribution in [3.8, 4) is 5.88 Å². The molecule has 1 aromatic heterocycles. The van der Waals surface area contributed by atoms with E-state index in [4.69, 9.17) is 33.0 Å². The van der Waals surface area contributed by atoms with Gasteiger partial charge in [0.25, 0.3) is 10.0 Å². The third-order valence-electron chi connectivity index (χ3n) is 3.34. The third-order valence-corrected chi connectivity index (χ3v) is 5.87. The molecular weight excluding hydrogens is 379 g/mol. The molecule has 0 amide bonds. The van der Waals surface area contributed by atoms with Crippen molar-refractivity contribution in [1.29, 1.82) is 0 Å². The van der Waals surface area contributed by atoms with E-state index in [1.165, 1.54) is 24.3 Å². The van der Waals surface area contributed by atoms with Gasteiger partial charge >= 0.3 is 5.97 Å². The number of hydrogen-bond acceptors (Lipinski definition) is 5. The van der Waals surface area contributed by atoms with Crippen LogP contribution in [0.5, 0.6) is 5.88 Å². The minimum atomic E-state index is -4.04. The van der Waals surface area contributed by atoms with Gasteiger partial charge < -0.3 is 9.84 Å². The Morgan fingerprint density at radius 2 is 2.04 bits per heavy atom. The average molecular weight is 389 g/mol. The number of rotatable bonds is 3. The molecule has 0 aliphatic carbocycles. The van der Waals surface area contributed by atoms with Gasteiger partial charge in [0.05, 0.1) is 17.1 Å². The van der Waals surface area contributed by atoms with E-state index < -0.39 is 16.0 Å². The fourth-order valence-electron chi connectivity index (χ4n) is 2.25. The Hall–Kier alpha value is -2.03. The molecule has 0 unspecified atom stereocenters. The predicted octanol–water partition coefficient (Wildman–Crippen LogP) is 2.67. The molecule has 1 aliphatic rings. The number of carboxylic acid groups (broad SMARTS) is 1. The summed E-state index contributed by atoms with van der Waals surface area (Å²) in [7, 11) is -4.04. The summed E-state index contributed by atoms with van der Waals surface area (Å²) in [5.74, 6) is -1.18. The quantitative estimate of drug-likeness (QED) is 0.867. The smallest absolute Gasteiger partial charge is 0.337 e. The zero-order chi connectivity index (χ0) is 17.5. The average Bonchev–Trinajstić information content (AvgIpc) is 2.53. The summed E-state index contributed by atoms with van der Waals surface area (Å²) in [6, 6.07) is 5.23. The van der Waals surface area contributed by atoms with Gasteiger partial charge in [0, 0.05) is 11.2 Å². The number of pyridine rings is 1. The van der Waals surface area contributed by atoms with E-state index in [9.17, 15) is 13.2 Å². The van der Waals surface area contributed by atoms with E-state index in [1.54, 1.807) is 0 Å². The Labute approximate surface area is 147 Å². The molecule has 1 N–H and O–H groups in total. The highest BCUT2D eigenvalue weighted by atomic mass is 35.5. The number of carboxylic acids is 1.